The molecule has 0 aliphatic heterocycles. The Labute approximate surface area is 62.6 Å². The first kappa shape index (κ1) is 9.43. The van der Waals surface area contributed by atoms with Gasteiger partial charge in [0.1, 0.15) is 0 Å². The summed E-state index contributed by atoms with van der Waals surface area (Å²) in [4.78, 5) is 14.6. The van der Waals surface area contributed by atoms with Gasteiger partial charge in [0.05, 0.1) is 6.54 Å². The molecule has 60 valence electrons. The molecule has 0 aromatic heterocycles. The van der Waals surface area contributed by atoms with Gasteiger partial charge in [-0.05, 0) is 13.6 Å². The highest BCUT2D eigenvalue weighted by atomic mass is 16.2. The van der Waals surface area contributed by atoms with E-state index in [-0.39, 0.29) is 5.91 Å². The summed E-state index contributed by atoms with van der Waals surface area (Å²) in [6.07, 6.45) is 0. The van der Waals surface area contributed by atoms with Crippen molar-refractivity contribution < 1.29 is 4.79 Å². The maximum Gasteiger partial charge on any atom is 0.236 e. The van der Waals surface area contributed by atoms with E-state index >= 15 is 0 Å². The van der Waals surface area contributed by atoms with Crippen LogP contribution in [0.1, 0.15) is 6.92 Å². The van der Waals surface area contributed by atoms with Gasteiger partial charge in [-0.25, -0.2) is 0 Å². The largest absolute Gasteiger partial charge is 0.348 e. The van der Waals surface area contributed by atoms with E-state index in [1.165, 1.54) is 0 Å². The molecule has 0 bridgehead atoms. The van der Waals surface area contributed by atoms with E-state index in [4.69, 9.17) is 0 Å². The lowest BCUT2D eigenvalue weighted by Gasteiger charge is -2.16. The van der Waals surface area contributed by atoms with E-state index in [9.17, 15) is 4.79 Å². The molecule has 0 aromatic rings. The predicted molar refractivity (Wildman–Crippen MR) is 41.9 cm³/mol. The standard InChI is InChI=1S/C7H16N2O/c1-5-9(4)6-7(10)8(2)3/h5-6H2,1-4H3. The molecule has 0 rings (SSSR count). The van der Waals surface area contributed by atoms with Gasteiger partial charge < -0.3 is 4.90 Å². The Morgan fingerprint density at radius 1 is 1.30 bits per heavy atom. The number of likely N-dealkylation sites (N-methyl/N-ethyl adjacent to an activating group) is 2. The van der Waals surface area contributed by atoms with E-state index < -0.39 is 0 Å². The molecule has 0 aromatic carbocycles. The first-order valence-electron chi connectivity index (χ1n) is 3.46. The van der Waals surface area contributed by atoms with Crippen molar-refractivity contribution in [2.24, 2.45) is 0 Å². The maximum absolute atomic E-state index is 11.0. The molecular formula is C7H16N2O. The zero-order valence-corrected chi connectivity index (χ0v) is 7.22. The smallest absolute Gasteiger partial charge is 0.236 e. The normalized spacial score (nSPS) is 10.1. The van der Waals surface area contributed by atoms with Crippen molar-refractivity contribution in [1.82, 2.24) is 9.80 Å². The highest BCUT2D eigenvalue weighted by molar-refractivity contribution is 5.77. The molecule has 0 N–H and O–H groups in total. The predicted octanol–water partition coefficient (Wildman–Crippen LogP) is 0.0263. The minimum absolute atomic E-state index is 0.157. The fraction of sp³-hybridized carbons (Fsp3) is 0.857. The van der Waals surface area contributed by atoms with Crippen LogP contribution >= 0.6 is 0 Å². The zero-order chi connectivity index (χ0) is 8.15. The first-order chi connectivity index (χ1) is 4.57. The molecule has 1 amide bonds. The monoisotopic (exact) mass is 144 g/mol. The summed E-state index contributed by atoms with van der Waals surface area (Å²) in [7, 11) is 5.47. The Kier molecular flexibility index (Phi) is 4.03. The van der Waals surface area contributed by atoms with E-state index in [2.05, 4.69) is 0 Å². The molecule has 0 fully saturated rings. The topological polar surface area (TPSA) is 23.6 Å². The van der Waals surface area contributed by atoms with Gasteiger partial charge in [0.25, 0.3) is 0 Å². The van der Waals surface area contributed by atoms with Crippen LogP contribution in [0.4, 0.5) is 0 Å². The van der Waals surface area contributed by atoms with Crippen molar-refractivity contribution in [2.75, 3.05) is 34.2 Å². The summed E-state index contributed by atoms with van der Waals surface area (Å²) < 4.78 is 0. The van der Waals surface area contributed by atoms with Crippen LogP contribution in [0, 0.1) is 0 Å². The van der Waals surface area contributed by atoms with Crippen LogP contribution in [0.15, 0.2) is 0 Å². The van der Waals surface area contributed by atoms with Crippen molar-refractivity contribution in [3.05, 3.63) is 0 Å². The van der Waals surface area contributed by atoms with Crippen molar-refractivity contribution >= 4 is 5.91 Å². The Hall–Kier alpha value is -0.570. The molecular weight excluding hydrogens is 128 g/mol. The molecule has 0 saturated heterocycles. The number of rotatable bonds is 3. The Morgan fingerprint density at radius 2 is 1.80 bits per heavy atom. The van der Waals surface area contributed by atoms with Gasteiger partial charge in [-0.2, -0.15) is 0 Å². The van der Waals surface area contributed by atoms with E-state index in [1.54, 1.807) is 19.0 Å². The zero-order valence-electron chi connectivity index (χ0n) is 7.22. The summed E-state index contributed by atoms with van der Waals surface area (Å²) >= 11 is 0. The third kappa shape index (κ3) is 3.45. The molecule has 0 atom stereocenters. The fourth-order valence-electron chi connectivity index (χ4n) is 0.484. The molecule has 0 unspecified atom stereocenters. The number of hydrogen-bond donors (Lipinski definition) is 0. The quantitative estimate of drug-likeness (QED) is 0.558. The van der Waals surface area contributed by atoms with Gasteiger partial charge in [-0.3, -0.25) is 9.69 Å². The summed E-state index contributed by atoms with van der Waals surface area (Å²) in [5, 5.41) is 0. The van der Waals surface area contributed by atoms with Crippen LogP contribution in [0.3, 0.4) is 0 Å². The minimum atomic E-state index is 0.157. The van der Waals surface area contributed by atoms with Crippen LogP contribution in [-0.4, -0.2) is 49.9 Å². The fourth-order valence-corrected chi connectivity index (χ4v) is 0.484. The third-order valence-corrected chi connectivity index (χ3v) is 1.44. The molecule has 0 aliphatic rings. The highest BCUT2D eigenvalue weighted by Gasteiger charge is 2.05. The SMILES string of the molecule is CCN(C)CC(=O)N(C)C. The van der Waals surface area contributed by atoms with Crippen molar-refractivity contribution in [1.29, 1.82) is 0 Å². The maximum atomic E-state index is 11.0. The van der Waals surface area contributed by atoms with Crippen molar-refractivity contribution in [3.8, 4) is 0 Å². The molecule has 0 radical (unpaired) electrons. The van der Waals surface area contributed by atoms with E-state index in [0.29, 0.717) is 6.54 Å². The van der Waals surface area contributed by atoms with Gasteiger partial charge in [0.2, 0.25) is 5.91 Å². The van der Waals surface area contributed by atoms with E-state index in [0.717, 1.165) is 6.54 Å². The summed E-state index contributed by atoms with van der Waals surface area (Å²) in [6, 6.07) is 0. The number of hydrogen-bond acceptors (Lipinski definition) is 2. The van der Waals surface area contributed by atoms with Gasteiger partial charge >= 0.3 is 0 Å². The first-order valence-corrected chi connectivity index (χ1v) is 3.46. The number of amides is 1. The Bertz CT molecular complexity index is 112. The average Bonchev–Trinajstić information content (AvgIpc) is 1.87. The number of nitrogens with zero attached hydrogens (tertiary/aromatic N) is 2. The van der Waals surface area contributed by atoms with Gasteiger partial charge in [-0.1, -0.05) is 6.92 Å². The molecule has 0 saturated carbocycles. The second-order valence-electron chi connectivity index (χ2n) is 2.62. The second kappa shape index (κ2) is 4.28. The molecule has 0 aliphatic carbocycles. The lowest BCUT2D eigenvalue weighted by atomic mass is 10.5. The molecule has 3 nitrogen and oxygen atoms in total. The van der Waals surface area contributed by atoms with Crippen LogP contribution in [0.2, 0.25) is 0 Å². The lowest BCUT2D eigenvalue weighted by molar-refractivity contribution is -0.129. The van der Waals surface area contributed by atoms with Crippen molar-refractivity contribution in [3.63, 3.8) is 0 Å². The summed E-state index contributed by atoms with van der Waals surface area (Å²) in [5.74, 6) is 0.157. The lowest BCUT2D eigenvalue weighted by Crippen LogP contribution is -2.34. The van der Waals surface area contributed by atoms with Crippen LogP contribution < -0.4 is 0 Å². The van der Waals surface area contributed by atoms with Gasteiger partial charge in [-0.15, -0.1) is 0 Å². The van der Waals surface area contributed by atoms with Crippen molar-refractivity contribution in [2.45, 2.75) is 6.92 Å². The Morgan fingerprint density at radius 3 is 2.10 bits per heavy atom. The minimum Gasteiger partial charge on any atom is -0.348 e. The third-order valence-electron chi connectivity index (χ3n) is 1.44. The second-order valence-corrected chi connectivity index (χ2v) is 2.62. The van der Waals surface area contributed by atoms with Crippen LogP contribution in [0.5, 0.6) is 0 Å². The number of carbonyl (C=O) groups is 1. The van der Waals surface area contributed by atoms with Crippen LogP contribution in [-0.2, 0) is 4.79 Å². The average molecular weight is 144 g/mol. The molecule has 0 heterocycles. The van der Waals surface area contributed by atoms with E-state index in [1.807, 2.05) is 18.9 Å². The van der Waals surface area contributed by atoms with Crippen LogP contribution in [0.25, 0.3) is 0 Å². The summed E-state index contributed by atoms with van der Waals surface area (Å²) in [6.45, 7) is 3.46. The summed E-state index contributed by atoms with van der Waals surface area (Å²) in [5.41, 5.74) is 0. The Balaban J connectivity index is 3.57. The van der Waals surface area contributed by atoms with Gasteiger partial charge in [0.15, 0.2) is 0 Å². The van der Waals surface area contributed by atoms with Gasteiger partial charge in [0, 0.05) is 14.1 Å². The molecule has 3 heteroatoms. The molecule has 10 heavy (non-hydrogen) atoms. The highest BCUT2D eigenvalue weighted by Crippen LogP contribution is 1.84. The molecule has 0 spiro atoms. The number of carbonyl (C=O) groups excluding carboxylic acids is 1.